The molecule has 0 aliphatic carbocycles. The zero-order valence-electron chi connectivity index (χ0n) is 9.60. The van der Waals surface area contributed by atoms with E-state index in [1.165, 1.54) is 0 Å². The third kappa shape index (κ3) is 1.79. The van der Waals surface area contributed by atoms with Crippen molar-refractivity contribution in [1.82, 2.24) is 10.3 Å². The summed E-state index contributed by atoms with van der Waals surface area (Å²) < 4.78 is 0. The Balaban J connectivity index is 1.96. The molecule has 3 rings (SSSR count). The summed E-state index contributed by atoms with van der Waals surface area (Å²) in [6, 6.07) is 10.0. The SMILES string of the molecule is O=C1NN=C(c2ccccc2)N2CCCCC12. The molecule has 0 spiro atoms. The lowest BCUT2D eigenvalue weighted by Crippen LogP contribution is -2.55. The van der Waals surface area contributed by atoms with Gasteiger partial charge >= 0.3 is 0 Å². The monoisotopic (exact) mass is 229 g/mol. The maximum atomic E-state index is 11.7. The lowest BCUT2D eigenvalue weighted by atomic mass is 9.99. The molecule has 1 saturated heterocycles. The molecule has 1 fully saturated rings. The molecular formula is C13H15N3O. The predicted molar refractivity (Wildman–Crippen MR) is 65.5 cm³/mol. The number of amidine groups is 1. The number of amides is 1. The van der Waals surface area contributed by atoms with Crippen molar-refractivity contribution in [3.05, 3.63) is 35.9 Å². The van der Waals surface area contributed by atoms with Crippen molar-refractivity contribution >= 4 is 11.7 Å². The first-order valence-electron chi connectivity index (χ1n) is 6.06. The van der Waals surface area contributed by atoms with E-state index in [1.54, 1.807) is 0 Å². The van der Waals surface area contributed by atoms with Gasteiger partial charge in [-0.3, -0.25) is 4.79 Å². The number of nitrogens with one attached hydrogen (secondary N) is 1. The van der Waals surface area contributed by atoms with Crippen molar-refractivity contribution in [3.8, 4) is 0 Å². The average Bonchev–Trinajstić information content (AvgIpc) is 2.41. The van der Waals surface area contributed by atoms with Crippen molar-refractivity contribution in [2.45, 2.75) is 25.3 Å². The summed E-state index contributed by atoms with van der Waals surface area (Å²) in [5, 5.41) is 4.21. The molecular weight excluding hydrogens is 214 g/mol. The Bertz CT molecular complexity index is 455. The van der Waals surface area contributed by atoms with Crippen LogP contribution in [0.15, 0.2) is 35.4 Å². The normalized spacial score (nSPS) is 23.8. The number of hydrogen-bond donors (Lipinski definition) is 1. The molecule has 1 aromatic rings. The van der Waals surface area contributed by atoms with Crippen LogP contribution in [0.4, 0.5) is 0 Å². The number of rotatable bonds is 1. The third-order valence-electron chi connectivity index (χ3n) is 3.38. The summed E-state index contributed by atoms with van der Waals surface area (Å²) in [5.74, 6) is 0.930. The lowest BCUT2D eigenvalue weighted by Gasteiger charge is -2.39. The van der Waals surface area contributed by atoms with Gasteiger partial charge in [-0.05, 0) is 19.3 Å². The Morgan fingerprint density at radius 3 is 2.88 bits per heavy atom. The van der Waals surface area contributed by atoms with E-state index in [0.29, 0.717) is 0 Å². The van der Waals surface area contributed by atoms with Gasteiger partial charge in [0, 0.05) is 12.1 Å². The number of carbonyl (C=O) groups is 1. The Labute approximate surface area is 100 Å². The smallest absolute Gasteiger partial charge is 0.262 e. The second-order valence-electron chi connectivity index (χ2n) is 4.48. The highest BCUT2D eigenvalue weighted by Gasteiger charge is 2.34. The number of nitrogens with zero attached hydrogens (tertiary/aromatic N) is 2. The Morgan fingerprint density at radius 2 is 2.06 bits per heavy atom. The van der Waals surface area contributed by atoms with Crippen LogP contribution in [0.3, 0.4) is 0 Å². The van der Waals surface area contributed by atoms with Gasteiger partial charge in [-0.25, -0.2) is 5.43 Å². The van der Waals surface area contributed by atoms with E-state index in [4.69, 9.17) is 0 Å². The van der Waals surface area contributed by atoms with Crippen LogP contribution < -0.4 is 5.43 Å². The zero-order valence-corrected chi connectivity index (χ0v) is 9.60. The largest absolute Gasteiger partial charge is 0.343 e. The van der Waals surface area contributed by atoms with Crippen LogP contribution in [0.1, 0.15) is 24.8 Å². The number of benzene rings is 1. The molecule has 1 amide bonds. The molecule has 1 aromatic carbocycles. The highest BCUT2D eigenvalue weighted by molar-refractivity contribution is 6.03. The molecule has 0 aromatic heterocycles. The van der Waals surface area contributed by atoms with Crippen molar-refractivity contribution in [2.24, 2.45) is 5.10 Å². The molecule has 2 aliphatic heterocycles. The first-order valence-corrected chi connectivity index (χ1v) is 6.06. The maximum absolute atomic E-state index is 11.7. The van der Waals surface area contributed by atoms with Crippen LogP contribution in [0.2, 0.25) is 0 Å². The van der Waals surface area contributed by atoms with Crippen molar-refractivity contribution in [1.29, 1.82) is 0 Å². The van der Waals surface area contributed by atoms with Gasteiger partial charge in [-0.15, -0.1) is 0 Å². The Hall–Kier alpha value is -1.84. The fourth-order valence-electron chi connectivity index (χ4n) is 2.52. The highest BCUT2D eigenvalue weighted by atomic mass is 16.2. The van der Waals surface area contributed by atoms with Gasteiger partial charge in [0.15, 0.2) is 5.84 Å². The van der Waals surface area contributed by atoms with Gasteiger partial charge in [0.05, 0.1) is 0 Å². The lowest BCUT2D eigenvalue weighted by molar-refractivity contribution is -0.126. The summed E-state index contributed by atoms with van der Waals surface area (Å²) in [6.45, 7) is 0.922. The van der Waals surface area contributed by atoms with Crippen LogP contribution in [0.5, 0.6) is 0 Å². The van der Waals surface area contributed by atoms with Crippen molar-refractivity contribution in [2.75, 3.05) is 6.54 Å². The average molecular weight is 229 g/mol. The molecule has 0 saturated carbocycles. The van der Waals surface area contributed by atoms with E-state index in [9.17, 15) is 4.79 Å². The van der Waals surface area contributed by atoms with E-state index < -0.39 is 0 Å². The Morgan fingerprint density at radius 1 is 1.24 bits per heavy atom. The van der Waals surface area contributed by atoms with Gasteiger partial charge in [0.2, 0.25) is 0 Å². The second kappa shape index (κ2) is 4.20. The van der Waals surface area contributed by atoms with Crippen LogP contribution >= 0.6 is 0 Å². The topological polar surface area (TPSA) is 44.7 Å². The first kappa shape index (κ1) is 10.3. The van der Waals surface area contributed by atoms with Crippen LogP contribution in [-0.2, 0) is 4.79 Å². The summed E-state index contributed by atoms with van der Waals surface area (Å²) in [7, 11) is 0. The zero-order chi connectivity index (χ0) is 11.7. The van der Waals surface area contributed by atoms with Gasteiger partial charge in [0.25, 0.3) is 5.91 Å². The van der Waals surface area contributed by atoms with E-state index in [2.05, 4.69) is 15.4 Å². The molecule has 88 valence electrons. The molecule has 0 radical (unpaired) electrons. The van der Waals surface area contributed by atoms with Crippen molar-refractivity contribution < 1.29 is 4.79 Å². The number of hydrogen-bond acceptors (Lipinski definition) is 3. The summed E-state index contributed by atoms with van der Waals surface area (Å²) in [4.78, 5) is 13.9. The summed E-state index contributed by atoms with van der Waals surface area (Å²) in [6.07, 6.45) is 3.18. The van der Waals surface area contributed by atoms with E-state index in [1.807, 2.05) is 30.3 Å². The molecule has 2 aliphatic rings. The number of piperidine rings is 1. The minimum absolute atomic E-state index is 0.0311. The van der Waals surface area contributed by atoms with Gasteiger partial charge in [-0.2, -0.15) is 5.10 Å². The van der Waals surface area contributed by atoms with Gasteiger partial charge in [0.1, 0.15) is 6.04 Å². The fraction of sp³-hybridized carbons (Fsp3) is 0.385. The predicted octanol–water partition coefficient (Wildman–Crippen LogP) is 1.33. The molecule has 17 heavy (non-hydrogen) atoms. The van der Waals surface area contributed by atoms with Crippen LogP contribution in [-0.4, -0.2) is 29.2 Å². The molecule has 1 unspecified atom stereocenters. The molecule has 4 nitrogen and oxygen atoms in total. The van der Waals surface area contributed by atoms with E-state index in [0.717, 1.165) is 37.2 Å². The van der Waals surface area contributed by atoms with Gasteiger partial charge in [-0.1, -0.05) is 30.3 Å². The maximum Gasteiger partial charge on any atom is 0.262 e. The summed E-state index contributed by atoms with van der Waals surface area (Å²) in [5.41, 5.74) is 3.71. The fourth-order valence-corrected chi connectivity index (χ4v) is 2.52. The molecule has 4 heteroatoms. The molecule has 1 N–H and O–H groups in total. The molecule has 2 heterocycles. The minimum Gasteiger partial charge on any atom is -0.343 e. The minimum atomic E-state index is -0.0311. The molecule has 1 atom stereocenters. The van der Waals surface area contributed by atoms with Crippen molar-refractivity contribution in [3.63, 3.8) is 0 Å². The number of fused-ring (bicyclic) bond motifs is 1. The van der Waals surface area contributed by atoms with Crippen LogP contribution in [0, 0.1) is 0 Å². The number of hydrazone groups is 1. The highest BCUT2D eigenvalue weighted by Crippen LogP contribution is 2.22. The summed E-state index contributed by atoms with van der Waals surface area (Å²) >= 11 is 0. The molecule has 0 bridgehead atoms. The van der Waals surface area contributed by atoms with Gasteiger partial charge < -0.3 is 4.90 Å². The first-order chi connectivity index (χ1) is 8.36. The van der Waals surface area contributed by atoms with Crippen LogP contribution in [0.25, 0.3) is 0 Å². The standard InChI is InChI=1S/C13H15N3O/c17-13-11-8-4-5-9-16(11)12(14-15-13)10-6-2-1-3-7-10/h1-3,6-7,11H,4-5,8-9H2,(H,15,17). The number of carbonyl (C=O) groups excluding carboxylic acids is 1. The van der Waals surface area contributed by atoms with E-state index >= 15 is 0 Å². The van der Waals surface area contributed by atoms with E-state index in [-0.39, 0.29) is 11.9 Å². The second-order valence-corrected chi connectivity index (χ2v) is 4.48. The third-order valence-corrected chi connectivity index (χ3v) is 3.38. The Kier molecular flexibility index (Phi) is 2.55. The quantitative estimate of drug-likeness (QED) is 0.789.